The molecule has 0 bridgehead atoms. The molecule has 1 aliphatic carbocycles. The lowest BCUT2D eigenvalue weighted by Gasteiger charge is -2.16. The number of rotatable bonds is 5. The molecule has 0 spiro atoms. The van der Waals surface area contributed by atoms with Gasteiger partial charge >= 0.3 is 0 Å². The van der Waals surface area contributed by atoms with Crippen molar-refractivity contribution in [2.45, 2.75) is 51.1 Å². The molecule has 0 atom stereocenters. The van der Waals surface area contributed by atoms with Crippen LogP contribution in [0.5, 0.6) is 11.5 Å². The summed E-state index contributed by atoms with van der Waals surface area (Å²) in [7, 11) is 0. The summed E-state index contributed by atoms with van der Waals surface area (Å²) in [5.74, 6) is 1.74. The fourth-order valence-corrected chi connectivity index (χ4v) is 3.32. The molecular formula is C20H24BrNO. The minimum atomic E-state index is 0.691. The summed E-state index contributed by atoms with van der Waals surface area (Å²) < 4.78 is 6.92. The van der Waals surface area contributed by atoms with Gasteiger partial charge in [0.05, 0.1) is 0 Å². The molecule has 0 radical (unpaired) electrons. The Kier molecular flexibility index (Phi) is 6.12. The van der Waals surface area contributed by atoms with E-state index in [1.807, 2.05) is 36.4 Å². The van der Waals surface area contributed by atoms with Gasteiger partial charge in [0.1, 0.15) is 11.5 Å². The van der Waals surface area contributed by atoms with Gasteiger partial charge in [0.2, 0.25) is 0 Å². The van der Waals surface area contributed by atoms with Crippen molar-refractivity contribution in [2.75, 3.05) is 0 Å². The van der Waals surface area contributed by atoms with E-state index in [0.717, 1.165) is 22.5 Å². The molecule has 0 amide bonds. The SMILES string of the molecule is Brc1ccc(Oc2ccc(CNC3CCCCCC3)cc2)cc1. The van der Waals surface area contributed by atoms with Crippen molar-refractivity contribution in [3.05, 3.63) is 58.6 Å². The van der Waals surface area contributed by atoms with Crippen LogP contribution >= 0.6 is 15.9 Å². The molecule has 1 fully saturated rings. The standard InChI is InChI=1S/C20H24BrNO/c21-17-9-13-20(14-10-17)23-19-11-7-16(8-12-19)15-22-18-5-3-1-2-4-6-18/h7-14,18,22H,1-6,15H2. The fourth-order valence-electron chi connectivity index (χ4n) is 3.06. The third kappa shape index (κ3) is 5.36. The molecule has 0 aromatic heterocycles. The van der Waals surface area contributed by atoms with Crippen LogP contribution in [0.25, 0.3) is 0 Å². The zero-order valence-electron chi connectivity index (χ0n) is 13.4. The maximum Gasteiger partial charge on any atom is 0.127 e. The van der Waals surface area contributed by atoms with Crippen molar-refractivity contribution in [3.8, 4) is 11.5 Å². The van der Waals surface area contributed by atoms with Crippen molar-refractivity contribution < 1.29 is 4.74 Å². The van der Waals surface area contributed by atoms with Crippen LogP contribution in [0.1, 0.15) is 44.1 Å². The van der Waals surface area contributed by atoms with E-state index in [1.165, 1.54) is 44.1 Å². The summed E-state index contributed by atoms with van der Waals surface area (Å²) in [6.07, 6.45) is 8.20. The maximum atomic E-state index is 5.86. The Morgan fingerprint density at radius 3 is 2.00 bits per heavy atom. The van der Waals surface area contributed by atoms with Crippen LogP contribution in [0, 0.1) is 0 Å². The summed E-state index contributed by atoms with van der Waals surface area (Å²) in [4.78, 5) is 0. The molecule has 0 heterocycles. The van der Waals surface area contributed by atoms with Gasteiger partial charge in [-0.3, -0.25) is 0 Å². The first-order valence-electron chi connectivity index (χ1n) is 8.55. The van der Waals surface area contributed by atoms with Gasteiger partial charge in [-0.25, -0.2) is 0 Å². The number of halogens is 1. The largest absolute Gasteiger partial charge is 0.457 e. The van der Waals surface area contributed by atoms with Gasteiger partial charge in [0.15, 0.2) is 0 Å². The van der Waals surface area contributed by atoms with Crippen molar-refractivity contribution in [2.24, 2.45) is 0 Å². The minimum Gasteiger partial charge on any atom is -0.457 e. The predicted octanol–water partition coefficient (Wildman–Crippen LogP) is 6.05. The average Bonchev–Trinajstić information content (AvgIpc) is 2.85. The van der Waals surface area contributed by atoms with E-state index in [9.17, 15) is 0 Å². The summed E-state index contributed by atoms with van der Waals surface area (Å²) >= 11 is 3.43. The second kappa shape index (κ2) is 8.51. The molecule has 2 nitrogen and oxygen atoms in total. The Balaban J connectivity index is 1.51. The third-order valence-corrected chi connectivity index (χ3v) is 4.95. The maximum absolute atomic E-state index is 5.86. The second-order valence-electron chi connectivity index (χ2n) is 6.27. The third-order valence-electron chi connectivity index (χ3n) is 4.42. The summed E-state index contributed by atoms with van der Waals surface area (Å²) in [6, 6.07) is 17.0. The number of hydrogen-bond donors (Lipinski definition) is 1. The monoisotopic (exact) mass is 373 g/mol. The highest BCUT2D eigenvalue weighted by molar-refractivity contribution is 9.10. The van der Waals surface area contributed by atoms with E-state index in [2.05, 4.69) is 33.4 Å². The van der Waals surface area contributed by atoms with Crippen molar-refractivity contribution in [1.29, 1.82) is 0 Å². The van der Waals surface area contributed by atoms with Crippen LogP contribution in [-0.4, -0.2) is 6.04 Å². The quantitative estimate of drug-likeness (QED) is 0.643. The molecule has 23 heavy (non-hydrogen) atoms. The molecule has 3 heteroatoms. The lowest BCUT2D eigenvalue weighted by molar-refractivity contribution is 0.458. The van der Waals surface area contributed by atoms with Crippen LogP contribution in [0.4, 0.5) is 0 Å². The van der Waals surface area contributed by atoms with Gasteiger partial charge in [-0.05, 0) is 54.8 Å². The van der Waals surface area contributed by atoms with Crippen molar-refractivity contribution in [3.63, 3.8) is 0 Å². The molecule has 1 saturated carbocycles. The van der Waals surface area contributed by atoms with Crippen molar-refractivity contribution >= 4 is 15.9 Å². The van der Waals surface area contributed by atoms with E-state index in [-0.39, 0.29) is 0 Å². The Morgan fingerprint density at radius 2 is 1.39 bits per heavy atom. The van der Waals surface area contributed by atoms with Crippen LogP contribution in [0.15, 0.2) is 53.0 Å². The lowest BCUT2D eigenvalue weighted by Crippen LogP contribution is -2.27. The molecule has 2 aromatic rings. The average molecular weight is 374 g/mol. The second-order valence-corrected chi connectivity index (χ2v) is 7.18. The van der Waals surface area contributed by atoms with Crippen LogP contribution in [0.2, 0.25) is 0 Å². The molecule has 122 valence electrons. The number of hydrogen-bond acceptors (Lipinski definition) is 2. The normalized spacial score (nSPS) is 16.0. The van der Waals surface area contributed by atoms with Crippen molar-refractivity contribution in [1.82, 2.24) is 5.32 Å². The molecular weight excluding hydrogens is 350 g/mol. The van der Waals surface area contributed by atoms with E-state index in [0.29, 0.717) is 6.04 Å². The van der Waals surface area contributed by atoms with Crippen LogP contribution < -0.4 is 10.1 Å². The van der Waals surface area contributed by atoms with Crippen LogP contribution in [0.3, 0.4) is 0 Å². The van der Waals surface area contributed by atoms with E-state index >= 15 is 0 Å². The molecule has 1 N–H and O–H groups in total. The van der Waals surface area contributed by atoms with Gasteiger partial charge in [-0.2, -0.15) is 0 Å². The molecule has 3 rings (SSSR count). The van der Waals surface area contributed by atoms with Gasteiger partial charge in [0, 0.05) is 17.1 Å². The summed E-state index contributed by atoms with van der Waals surface area (Å²) in [5.41, 5.74) is 1.32. The first-order chi connectivity index (χ1) is 11.3. The molecule has 0 unspecified atom stereocenters. The van der Waals surface area contributed by atoms with Gasteiger partial charge in [-0.15, -0.1) is 0 Å². The number of nitrogens with one attached hydrogen (secondary N) is 1. The summed E-state index contributed by atoms with van der Waals surface area (Å²) in [6.45, 7) is 0.948. The van der Waals surface area contributed by atoms with E-state index in [1.54, 1.807) is 0 Å². The molecule has 0 aliphatic heterocycles. The van der Waals surface area contributed by atoms with E-state index in [4.69, 9.17) is 4.74 Å². The molecule has 1 aliphatic rings. The first-order valence-corrected chi connectivity index (χ1v) is 9.35. The molecule has 2 aromatic carbocycles. The Labute approximate surface area is 147 Å². The molecule has 0 saturated heterocycles. The van der Waals surface area contributed by atoms with Gasteiger partial charge < -0.3 is 10.1 Å². The highest BCUT2D eigenvalue weighted by atomic mass is 79.9. The first kappa shape index (κ1) is 16.5. The smallest absolute Gasteiger partial charge is 0.127 e. The topological polar surface area (TPSA) is 21.3 Å². The number of benzene rings is 2. The van der Waals surface area contributed by atoms with Gasteiger partial charge in [-0.1, -0.05) is 53.7 Å². The zero-order chi connectivity index (χ0) is 15.9. The highest BCUT2D eigenvalue weighted by Crippen LogP contribution is 2.24. The zero-order valence-corrected chi connectivity index (χ0v) is 15.0. The number of ether oxygens (including phenoxy) is 1. The Bertz CT molecular complexity index is 586. The van der Waals surface area contributed by atoms with Gasteiger partial charge in [0.25, 0.3) is 0 Å². The minimum absolute atomic E-state index is 0.691. The predicted molar refractivity (Wildman–Crippen MR) is 99.0 cm³/mol. The lowest BCUT2D eigenvalue weighted by atomic mass is 10.1. The Morgan fingerprint density at radius 1 is 0.826 bits per heavy atom. The van der Waals surface area contributed by atoms with Crippen LogP contribution in [-0.2, 0) is 6.54 Å². The fraction of sp³-hybridized carbons (Fsp3) is 0.400. The summed E-state index contributed by atoms with van der Waals surface area (Å²) in [5, 5.41) is 3.71. The highest BCUT2D eigenvalue weighted by Gasteiger charge is 2.11. The Hall–Kier alpha value is -1.32. The van der Waals surface area contributed by atoms with E-state index < -0.39 is 0 Å².